The molecule has 406 valence electrons. The number of rotatable bonds is 57. The molecule has 0 heterocycles. The smallest absolute Gasteiger partial charge is 0.306 e. The SMILES string of the molecule is CCCCCCC/C=C\C/C=C\CCCCCCCCCCCC(=O)OCC(COC(=O)CCCCCCCCCCC)OC(=O)CCCCCCCCCCCCCCCCCCCCCCC. The van der Waals surface area contributed by atoms with E-state index in [4.69, 9.17) is 14.2 Å². The minimum Gasteiger partial charge on any atom is -0.462 e. The summed E-state index contributed by atoms with van der Waals surface area (Å²) < 4.78 is 16.9. The Bertz CT molecular complexity index is 1110. The lowest BCUT2D eigenvalue weighted by atomic mass is 10.0. The van der Waals surface area contributed by atoms with Crippen molar-refractivity contribution < 1.29 is 28.6 Å². The maximum Gasteiger partial charge on any atom is 0.306 e. The monoisotopic (exact) mass is 971 g/mol. The van der Waals surface area contributed by atoms with E-state index >= 15 is 0 Å². The van der Waals surface area contributed by atoms with Crippen LogP contribution < -0.4 is 0 Å². The highest BCUT2D eigenvalue weighted by atomic mass is 16.6. The standard InChI is InChI=1S/C63H118O6/c1-4-7-10-13-16-19-21-23-25-27-29-31-33-35-37-39-41-44-47-50-53-56-62(65)68-59-60(58-67-61(64)55-52-49-46-43-18-15-12-9-6-3)69-63(66)57-54-51-48-45-42-40-38-36-34-32-30-28-26-24-22-20-17-14-11-8-5-2/h21,23,27,29,60H,4-20,22,24-26,28,30-59H2,1-3H3/b23-21-,29-27-. The third-order valence-electron chi connectivity index (χ3n) is 14.0. The van der Waals surface area contributed by atoms with Gasteiger partial charge in [0.15, 0.2) is 6.10 Å². The van der Waals surface area contributed by atoms with Crippen LogP contribution in [0.2, 0.25) is 0 Å². The third kappa shape index (κ3) is 56.7. The molecule has 0 aliphatic carbocycles. The van der Waals surface area contributed by atoms with Gasteiger partial charge in [0.05, 0.1) is 0 Å². The molecule has 0 aliphatic heterocycles. The molecule has 0 spiro atoms. The van der Waals surface area contributed by atoms with Crippen molar-refractivity contribution in [2.24, 2.45) is 0 Å². The van der Waals surface area contributed by atoms with Crippen molar-refractivity contribution in [3.63, 3.8) is 0 Å². The first-order chi connectivity index (χ1) is 34.0. The van der Waals surface area contributed by atoms with Gasteiger partial charge in [-0.3, -0.25) is 14.4 Å². The molecule has 0 bridgehead atoms. The number of hydrogen-bond acceptors (Lipinski definition) is 6. The summed E-state index contributed by atoms with van der Waals surface area (Å²) in [6.07, 6.45) is 69.0. The molecule has 0 N–H and O–H groups in total. The van der Waals surface area contributed by atoms with E-state index in [2.05, 4.69) is 45.1 Å². The van der Waals surface area contributed by atoms with E-state index in [1.165, 1.54) is 238 Å². The molecule has 0 aromatic heterocycles. The van der Waals surface area contributed by atoms with E-state index in [0.717, 1.165) is 64.2 Å². The zero-order valence-electron chi connectivity index (χ0n) is 46.6. The predicted octanol–water partition coefficient (Wildman–Crippen LogP) is 20.7. The maximum atomic E-state index is 12.9. The zero-order chi connectivity index (χ0) is 50.0. The minimum atomic E-state index is -0.767. The van der Waals surface area contributed by atoms with Gasteiger partial charge >= 0.3 is 17.9 Å². The molecular weight excluding hydrogens is 853 g/mol. The van der Waals surface area contributed by atoms with Crippen LogP contribution in [0.3, 0.4) is 0 Å². The Morgan fingerprint density at radius 1 is 0.290 bits per heavy atom. The number of carbonyl (C=O) groups excluding carboxylic acids is 3. The van der Waals surface area contributed by atoms with Crippen molar-refractivity contribution in [3.05, 3.63) is 24.3 Å². The van der Waals surface area contributed by atoms with Gasteiger partial charge in [-0.1, -0.05) is 295 Å². The summed E-state index contributed by atoms with van der Waals surface area (Å²) in [6.45, 7) is 6.67. The first kappa shape index (κ1) is 66.9. The average Bonchev–Trinajstić information content (AvgIpc) is 3.35. The summed E-state index contributed by atoms with van der Waals surface area (Å²) in [6, 6.07) is 0. The van der Waals surface area contributed by atoms with E-state index in [-0.39, 0.29) is 31.1 Å². The zero-order valence-corrected chi connectivity index (χ0v) is 46.6. The second-order valence-electron chi connectivity index (χ2n) is 21.0. The highest BCUT2D eigenvalue weighted by Gasteiger charge is 2.19. The second kappa shape index (κ2) is 58.5. The molecule has 0 fully saturated rings. The number of esters is 3. The normalized spacial score (nSPS) is 12.1. The van der Waals surface area contributed by atoms with E-state index in [1.54, 1.807) is 0 Å². The molecule has 6 heteroatoms. The Balaban J connectivity index is 4.20. The van der Waals surface area contributed by atoms with Crippen LogP contribution in [0.1, 0.15) is 342 Å². The predicted molar refractivity (Wildman–Crippen MR) is 298 cm³/mol. The van der Waals surface area contributed by atoms with Crippen LogP contribution in [-0.2, 0) is 28.6 Å². The van der Waals surface area contributed by atoms with Crippen LogP contribution in [0.4, 0.5) is 0 Å². The summed E-state index contributed by atoms with van der Waals surface area (Å²) in [5, 5.41) is 0. The Hall–Kier alpha value is -2.11. The fourth-order valence-corrected chi connectivity index (χ4v) is 9.30. The largest absolute Gasteiger partial charge is 0.462 e. The quantitative estimate of drug-likeness (QED) is 0.0261. The molecule has 1 atom stereocenters. The molecule has 69 heavy (non-hydrogen) atoms. The van der Waals surface area contributed by atoms with Gasteiger partial charge in [0.2, 0.25) is 0 Å². The molecular formula is C63H118O6. The van der Waals surface area contributed by atoms with Gasteiger partial charge in [-0.2, -0.15) is 0 Å². The Labute approximate surface area is 430 Å². The molecule has 0 saturated heterocycles. The van der Waals surface area contributed by atoms with Crippen molar-refractivity contribution in [2.45, 2.75) is 348 Å². The van der Waals surface area contributed by atoms with E-state index < -0.39 is 6.10 Å². The fourth-order valence-electron chi connectivity index (χ4n) is 9.30. The molecule has 0 aliphatic rings. The lowest BCUT2D eigenvalue weighted by Crippen LogP contribution is -2.30. The summed E-state index contributed by atoms with van der Waals surface area (Å²) in [5.74, 6) is -0.851. The van der Waals surface area contributed by atoms with E-state index in [0.29, 0.717) is 19.3 Å². The number of allylic oxidation sites excluding steroid dienone is 4. The molecule has 0 amide bonds. The van der Waals surface area contributed by atoms with Crippen LogP contribution in [-0.4, -0.2) is 37.2 Å². The van der Waals surface area contributed by atoms with Crippen LogP contribution >= 0.6 is 0 Å². The first-order valence-corrected chi connectivity index (χ1v) is 30.8. The van der Waals surface area contributed by atoms with Crippen molar-refractivity contribution in [2.75, 3.05) is 13.2 Å². The van der Waals surface area contributed by atoms with Crippen molar-refractivity contribution in [3.8, 4) is 0 Å². The minimum absolute atomic E-state index is 0.0672. The Morgan fingerprint density at radius 2 is 0.522 bits per heavy atom. The average molecular weight is 972 g/mol. The second-order valence-corrected chi connectivity index (χ2v) is 21.0. The van der Waals surface area contributed by atoms with E-state index in [1.807, 2.05) is 0 Å². The third-order valence-corrected chi connectivity index (χ3v) is 14.0. The summed E-state index contributed by atoms with van der Waals surface area (Å²) in [5.41, 5.74) is 0. The number of ether oxygens (including phenoxy) is 3. The van der Waals surface area contributed by atoms with Crippen LogP contribution in [0.15, 0.2) is 24.3 Å². The van der Waals surface area contributed by atoms with E-state index in [9.17, 15) is 14.4 Å². The van der Waals surface area contributed by atoms with Gasteiger partial charge in [0, 0.05) is 19.3 Å². The van der Waals surface area contributed by atoms with Crippen LogP contribution in [0.25, 0.3) is 0 Å². The summed E-state index contributed by atoms with van der Waals surface area (Å²) in [4.78, 5) is 38.1. The lowest BCUT2D eigenvalue weighted by Gasteiger charge is -2.18. The number of unbranched alkanes of at least 4 members (excludes halogenated alkanes) is 42. The van der Waals surface area contributed by atoms with Gasteiger partial charge in [0.25, 0.3) is 0 Å². The number of carbonyl (C=O) groups is 3. The molecule has 6 nitrogen and oxygen atoms in total. The van der Waals surface area contributed by atoms with Crippen molar-refractivity contribution in [1.82, 2.24) is 0 Å². The summed E-state index contributed by atoms with van der Waals surface area (Å²) in [7, 11) is 0. The first-order valence-electron chi connectivity index (χ1n) is 30.8. The topological polar surface area (TPSA) is 78.9 Å². The fraction of sp³-hybridized carbons (Fsp3) is 0.889. The van der Waals surface area contributed by atoms with Crippen molar-refractivity contribution >= 4 is 17.9 Å². The van der Waals surface area contributed by atoms with Gasteiger partial charge in [-0.15, -0.1) is 0 Å². The molecule has 0 saturated carbocycles. The highest BCUT2D eigenvalue weighted by Crippen LogP contribution is 2.17. The van der Waals surface area contributed by atoms with Gasteiger partial charge in [-0.25, -0.2) is 0 Å². The Morgan fingerprint density at radius 3 is 0.797 bits per heavy atom. The molecule has 0 aromatic carbocycles. The van der Waals surface area contributed by atoms with Gasteiger partial charge in [-0.05, 0) is 51.4 Å². The highest BCUT2D eigenvalue weighted by molar-refractivity contribution is 5.71. The molecule has 0 rings (SSSR count). The molecule has 0 radical (unpaired) electrons. The maximum absolute atomic E-state index is 12.9. The number of hydrogen-bond donors (Lipinski definition) is 0. The van der Waals surface area contributed by atoms with Gasteiger partial charge in [0.1, 0.15) is 13.2 Å². The van der Waals surface area contributed by atoms with Crippen molar-refractivity contribution in [1.29, 1.82) is 0 Å². The van der Waals surface area contributed by atoms with Crippen LogP contribution in [0, 0.1) is 0 Å². The molecule has 0 aromatic rings. The molecule has 1 unspecified atom stereocenters. The Kier molecular flexibility index (Phi) is 56.7. The van der Waals surface area contributed by atoms with Crippen LogP contribution in [0.5, 0.6) is 0 Å². The lowest BCUT2D eigenvalue weighted by molar-refractivity contribution is -0.167. The van der Waals surface area contributed by atoms with Gasteiger partial charge < -0.3 is 14.2 Å². The summed E-state index contributed by atoms with van der Waals surface area (Å²) >= 11 is 0.